The highest BCUT2D eigenvalue weighted by Crippen LogP contribution is 2.29. The lowest BCUT2D eigenvalue weighted by molar-refractivity contribution is -0.159. The highest BCUT2D eigenvalue weighted by atomic mass is 19.4. The Morgan fingerprint density at radius 3 is 2.41 bits per heavy atom. The van der Waals surface area contributed by atoms with Crippen molar-refractivity contribution in [2.24, 2.45) is 0 Å². The SMILES string of the molecule is CN1CCN(c2ccc(-c3noc(C(F)(F)F)n3)cn2)CC1. The molecule has 1 aliphatic heterocycles. The molecule has 0 aromatic carbocycles. The average Bonchev–Trinajstić information content (AvgIpc) is 2.98. The van der Waals surface area contributed by atoms with Gasteiger partial charge >= 0.3 is 12.1 Å². The second-order valence-electron chi connectivity index (χ2n) is 5.12. The standard InChI is InChI=1S/C13H14F3N5O/c1-20-4-6-21(7-5-20)10-3-2-9(8-17-10)11-18-12(22-19-11)13(14,15)16/h2-3,8H,4-7H2,1H3. The molecular weight excluding hydrogens is 299 g/mol. The van der Waals surface area contributed by atoms with Crippen LogP contribution in [-0.2, 0) is 6.18 Å². The Bertz CT molecular complexity index is 632. The van der Waals surface area contributed by atoms with Crippen LogP contribution in [0.4, 0.5) is 19.0 Å². The van der Waals surface area contributed by atoms with Crippen LogP contribution in [0.3, 0.4) is 0 Å². The maximum absolute atomic E-state index is 12.4. The molecule has 2 aromatic heterocycles. The summed E-state index contributed by atoms with van der Waals surface area (Å²) in [6.45, 7) is 3.62. The van der Waals surface area contributed by atoms with Crippen LogP contribution in [0.25, 0.3) is 11.4 Å². The number of pyridine rings is 1. The molecule has 1 saturated heterocycles. The normalized spacial score (nSPS) is 17.0. The smallest absolute Gasteiger partial charge is 0.354 e. The van der Waals surface area contributed by atoms with E-state index in [0.29, 0.717) is 5.56 Å². The van der Waals surface area contributed by atoms with Crippen LogP contribution >= 0.6 is 0 Å². The number of nitrogens with zero attached hydrogens (tertiary/aromatic N) is 5. The third-order valence-corrected chi connectivity index (χ3v) is 3.50. The van der Waals surface area contributed by atoms with Gasteiger partial charge < -0.3 is 14.3 Å². The quantitative estimate of drug-likeness (QED) is 0.844. The van der Waals surface area contributed by atoms with Gasteiger partial charge in [0.15, 0.2) is 0 Å². The lowest BCUT2D eigenvalue weighted by Crippen LogP contribution is -2.44. The summed E-state index contributed by atoms with van der Waals surface area (Å²) in [5, 5.41) is 3.34. The van der Waals surface area contributed by atoms with E-state index in [9.17, 15) is 13.2 Å². The van der Waals surface area contributed by atoms with E-state index >= 15 is 0 Å². The van der Waals surface area contributed by atoms with Gasteiger partial charge in [-0.3, -0.25) is 0 Å². The van der Waals surface area contributed by atoms with Gasteiger partial charge in [0.2, 0.25) is 5.82 Å². The van der Waals surface area contributed by atoms with Gasteiger partial charge in [-0.15, -0.1) is 0 Å². The van der Waals surface area contributed by atoms with Crippen molar-refractivity contribution in [3.05, 3.63) is 24.2 Å². The summed E-state index contributed by atoms with van der Waals surface area (Å²) in [6.07, 6.45) is -3.18. The number of likely N-dealkylation sites (N-methyl/N-ethyl adjacent to an activating group) is 1. The van der Waals surface area contributed by atoms with Crippen LogP contribution in [0.15, 0.2) is 22.9 Å². The average molecular weight is 313 g/mol. The Hall–Kier alpha value is -2.16. The third-order valence-electron chi connectivity index (χ3n) is 3.50. The molecule has 0 radical (unpaired) electrons. The predicted octanol–water partition coefficient (Wildman–Crippen LogP) is 1.90. The highest BCUT2D eigenvalue weighted by molar-refractivity contribution is 5.56. The molecule has 9 heteroatoms. The van der Waals surface area contributed by atoms with Crippen LogP contribution in [-0.4, -0.2) is 53.3 Å². The summed E-state index contributed by atoms with van der Waals surface area (Å²) in [5.74, 6) is -0.688. The van der Waals surface area contributed by atoms with Crippen molar-refractivity contribution in [2.45, 2.75) is 6.18 Å². The summed E-state index contributed by atoms with van der Waals surface area (Å²) in [6, 6.07) is 3.40. The third kappa shape index (κ3) is 3.03. The van der Waals surface area contributed by atoms with E-state index in [1.807, 2.05) is 0 Å². The molecule has 3 heterocycles. The largest absolute Gasteiger partial charge is 0.471 e. The first-order chi connectivity index (χ1) is 10.4. The Kier molecular flexibility index (Phi) is 3.73. The number of piperazine rings is 1. The fourth-order valence-corrected chi connectivity index (χ4v) is 2.20. The predicted molar refractivity (Wildman–Crippen MR) is 72.2 cm³/mol. The minimum Gasteiger partial charge on any atom is -0.354 e. The maximum Gasteiger partial charge on any atom is 0.471 e. The first kappa shape index (κ1) is 14.8. The summed E-state index contributed by atoms with van der Waals surface area (Å²) in [7, 11) is 2.06. The monoisotopic (exact) mass is 313 g/mol. The van der Waals surface area contributed by atoms with E-state index in [-0.39, 0.29) is 5.82 Å². The Morgan fingerprint density at radius 2 is 1.86 bits per heavy atom. The van der Waals surface area contributed by atoms with Crippen molar-refractivity contribution >= 4 is 5.82 Å². The van der Waals surface area contributed by atoms with Crippen LogP contribution in [0, 0.1) is 0 Å². The number of hydrogen-bond donors (Lipinski definition) is 0. The molecule has 1 fully saturated rings. The van der Waals surface area contributed by atoms with Crippen LogP contribution in [0.2, 0.25) is 0 Å². The van der Waals surface area contributed by atoms with Gasteiger partial charge in [-0.2, -0.15) is 18.2 Å². The summed E-state index contributed by atoms with van der Waals surface area (Å²) in [5.41, 5.74) is 0.386. The number of rotatable bonds is 2. The topological polar surface area (TPSA) is 58.3 Å². The molecule has 118 valence electrons. The van der Waals surface area contributed by atoms with Crippen molar-refractivity contribution in [2.75, 3.05) is 38.1 Å². The van der Waals surface area contributed by atoms with Gasteiger partial charge in [0.05, 0.1) is 0 Å². The summed E-state index contributed by atoms with van der Waals surface area (Å²) >= 11 is 0. The van der Waals surface area contributed by atoms with E-state index in [1.165, 1.54) is 6.20 Å². The van der Waals surface area contributed by atoms with E-state index in [2.05, 4.69) is 36.5 Å². The van der Waals surface area contributed by atoms with Gasteiger partial charge in [-0.25, -0.2) is 4.98 Å². The molecule has 0 N–H and O–H groups in total. The molecule has 0 amide bonds. The Labute approximate surface area is 124 Å². The van der Waals surface area contributed by atoms with Crippen molar-refractivity contribution in [3.8, 4) is 11.4 Å². The van der Waals surface area contributed by atoms with Crippen molar-refractivity contribution in [1.29, 1.82) is 0 Å². The molecule has 0 saturated carbocycles. The maximum atomic E-state index is 12.4. The number of aromatic nitrogens is 3. The fraction of sp³-hybridized carbons (Fsp3) is 0.462. The molecule has 0 bridgehead atoms. The number of hydrogen-bond acceptors (Lipinski definition) is 6. The van der Waals surface area contributed by atoms with Crippen LogP contribution in [0.1, 0.15) is 5.89 Å². The molecule has 1 aliphatic rings. The lowest BCUT2D eigenvalue weighted by Gasteiger charge is -2.33. The highest BCUT2D eigenvalue weighted by Gasteiger charge is 2.38. The van der Waals surface area contributed by atoms with Crippen LogP contribution in [0.5, 0.6) is 0 Å². The zero-order valence-electron chi connectivity index (χ0n) is 11.8. The molecule has 2 aromatic rings. The second-order valence-corrected chi connectivity index (χ2v) is 5.12. The minimum atomic E-state index is -4.64. The zero-order valence-corrected chi connectivity index (χ0v) is 11.8. The lowest BCUT2D eigenvalue weighted by atomic mass is 10.2. The van der Waals surface area contributed by atoms with E-state index in [0.717, 1.165) is 32.0 Å². The molecule has 0 spiro atoms. The van der Waals surface area contributed by atoms with Gasteiger partial charge in [0.25, 0.3) is 0 Å². The molecule has 6 nitrogen and oxygen atoms in total. The van der Waals surface area contributed by atoms with E-state index in [4.69, 9.17) is 0 Å². The van der Waals surface area contributed by atoms with Crippen molar-refractivity contribution in [1.82, 2.24) is 20.0 Å². The molecule has 0 atom stereocenters. The molecular formula is C13H14F3N5O. The number of alkyl halides is 3. The van der Waals surface area contributed by atoms with Crippen LogP contribution < -0.4 is 4.90 Å². The molecule has 0 unspecified atom stereocenters. The Morgan fingerprint density at radius 1 is 1.14 bits per heavy atom. The fourth-order valence-electron chi connectivity index (χ4n) is 2.20. The van der Waals surface area contributed by atoms with Crippen molar-refractivity contribution in [3.63, 3.8) is 0 Å². The molecule has 3 rings (SSSR count). The van der Waals surface area contributed by atoms with E-state index < -0.39 is 12.1 Å². The van der Waals surface area contributed by atoms with E-state index in [1.54, 1.807) is 12.1 Å². The first-order valence-electron chi connectivity index (χ1n) is 6.74. The molecule has 22 heavy (non-hydrogen) atoms. The minimum absolute atomic E-state index is 0.121. The number of halogens is 3. The second kappa shape index (κ2) is 5.56. The molecule has 0 aliphatic carbocycles. The number of anilines is 1. The summed E-state index contributed by atoms with van der Waals surface area (Å²) in [4.78, 5) is 12.0. The van der Waals surface area contributed by atoms with Crippen molar-refractivity contribution < 1.29 is 17.7 Å². The van der Waals surface area contributed by atoms with Gasteiger partial charge in [0.1, 0.15) is 5.82 Å². The zero-order chi connectivity index (χ0) is 15.7. The first-order valence-corrected chi connectivity index (χ1v) is 6.74. The summed E-state index contributed by atoms with van der Waals surface area (Å²) < 4.78 is 41.5. The Balaban J connectivity index is 1.75. The van der Waals surface area contributed by atoms with Gasteiger partial charge in [0, 0.05) is 37.9 Å². The van der Waals surface area contributed by atoms with Gasteiger partial charge in [-0.1, -0.05) is 5.16 Å². The van der Waals surface area contributed by atoms with Gasteiger partial charge in [-0.05, 0) is 19.2 Å².